The average Bonchev–Trinajstić information content (AvgIpc) is 3.11. The molecule has 6 nitrogen and oxygen atoms in total. The van der Waals surface area contributed by atoms with Gasteiger partial charge in [-0.1, -0.05) is 0 Å². The van der Waals surface area contributed by atoms with Crippen LogP contribution in [0.4, 0.5) is 5.13 Å². The lowest BCUT2D eigenvalue weighted by Crippen LogP contribution is -2.42. The number of nitrogens with zero attached hydrogens (tertiary/aromatic N) is 3. The Kier molecular flexibility index (Phi) is 4.36. The van der Waals surface area contributed by atoms with E-state index in [1.165, 1.54) is 11.3 Å². The Balaban J connectivity index is 1.53. The molecule has 0 bridgehead atoms. The van der Waals surface area contributed by atoms with Crippen molar-refractivity contribution in [1.29, 1.82) is 0 Å². The Bertz CT molecular complexity index is 544. The van der Waals surface area contributed by atoms with Gasteiger partial charge in [0.15, 0.2) is 5.13 Å². The van der Waals surface area contributed by atoms with Crippen molar-refractivity contribution >= 4 is 33.7 Å². The molecular formula is C12H14N4O2S2. The van der Waals surface area contributed by atoms with Gasteiger partial charge in [-0.05, 0) is 0 Å². The van der Waals surface area contributed by atoms with E-state index >= 15 is 0 Å². The number of aromatic nitrogens is 2. The van der Waals surface area contributed by atoms with Crippen LogP contribution in [0.5, 0.6) is 0 Å². The molecule has 1 aliphatic heterocycles. The molecule has 1 atom stereocenters. The first kappa shape index (κ1) is 13.6. The van der Waals surface area contributed by atoms with E-state index in [0.29, 0.717) is 24.8 Å². The first-order valence-electron chi connectivity index (χ1n) is 6.24. The molecule has 1 N–H and O–H groups in total. The summed E-state index contributed by atoms with van der Waals surface area (Å²) >= 11 is 3.00. The molecule has 0 aliphatic carbocycles. The van der Waals surface area contributed by atoms with Gasteiger partial charge in [-0.2, -0.15) is 0 Å². The topological polar surface area (TPSA) is 67.4 Å². The van der Waals surface area contributed by atoms with Gasteiger partial charge in [-0.25, -0.2) is 9.97 Å². The van der Waals surface area contributed by atoms with Crippen molar-refractivity contribution in [2.45, 2.75) is 6.10 Å². The number of hydrogen-bond donors (Lipinski definition) is 1. The Hall–Kier alpha value is -1.35. The summed E-state index contributed by atoms with van der Waals surface area (Å²) in [5, 5.41) is 8.17. The van der Waals surface area contributed by atoms with Gasteiger partial charge in [0, 0.05) is 36.2 Å². The number of ether oxygens (including phenoxy) is 1. The quantitative estimate of drug-likeness (QED) is 0.929. The van der Waals surface area contributed by atoms with Gasteiger partial charge in [0.1, 0.15) is 11.1 Å². The molecule has 20 heavy (non-hydrogen) atoms. The van der Waals surface area contributed by atoms with Crippen LogP contribution < -0.4 is 5.32 Å². The lowest BCUT2D eigenvalue weighted by molar-refractivity contribution is -0.119. The number of carbonyl (C=O) groups is 1. The molecule has 0 saturated carbocycles. The summed E-state index contributed by atoms with van der Waals surface area (Å²) in [6.45, 7) is 2.42. The fourth-order valence-electron chi connectivity index (χ4n) is 2.04. The zero-order valence-corrected chi connectivity index (χ0v) is 12.3. The van der Waals surface area contributed by atoms with Crippen molar-refractivity contribution in [3.05, 3.63) is 28.2 Å². The summed E-state index contributed by atoms with van der Waals surface area (Å²) in [4.78, 5) is 22.3. The Morgan fingerprint density at radius 3 is 3.00 bits per heavy atom. The highest BCUT2D eigenvalue weighted by molar-refractivity contribution is 7.13. The van der Waals surface area contributed by atoms with Gasteiger partial charge in [-0.3, -0.25) is 9.69 Å². The van der Waals surface area contributed by atoms with Gasteiger partial charge >= 0.3 is 0 Å². The number of amides is 1. The summed E-state index contributed by atoms with van der Waals surface area (Å²) in [7, 11) is 0. The van der Waals surface area contributed by atoms with E-state index in [9.17, 15) is 4.79 Å². The van der Waals surface area contributed by atoms with E-state index in [-0.39, 0.29) is 12.0 Å². The fourth-order valence-corrected chi connectivity index (χ4v) is 3.26. The van der Waals surface area contributed by atoms with Crippen LogP contribution in [0.3, 0.4) is 0 Å². The van der Waals surface area contributed by atoms with Crippen LogP contribution in [0.25, 0.3) is 0 Å². The first-order valence-corrected chi connectivity index (χ1v) is 8.00. The molecular weight excluding hydrogens is 296 g/mol. The van der Waals surface area contributed by atoms with Crippen LogP contribution in [0.2, 0.25) is 0 Å². The van der Waals surface area contributed by atoms with Gasteiger partial charge in [-0.15, -0.1) is 22.7 Å². The highest BCUT2D eigenvalue weighted by Crippen LogP contribution is 2.23. The monoisotopic (exact) mass is 310 g/mol. The molecule has 2 aromatic heterocycles. The van der Waals surface area contributed by atoms with Crippen molar-refractivity contribution in [2.24, 2.45) is 0 Å². The summed E-state index contributed by atoms with van der Waals surface area (Å²) in [5.41, 5.74) is 0. The second-order valence-corrected chi connectivity index (χ2v) is 6.17. The number of hydrogen-bond acceptors (Lipinski definition) is 7. The molecule has 0 aromatic carbocycles. The molecule has 1 fully saturated rings. The zero-order chi connectivity index (χ0) is 13.8. The van der Waals surface area contributed by atoms with Crippen LogP contribution in [0.15, 0.2) is 23.2 Å². The maximum Gasteiger partial charge on any atom is 0.240 e. The molecule has 3 heterocycles. The predicted octanol–water partition coefficient (Wildman–Crippen LogP) is 1.61. The maximum atomic E-state index is 11.9. The van der Waals surface area contributed by atoms with Gasteiger partial charge in [0.25, 0.3) is 0 Å². The van der Waals surface area contributed by atoms with Crippen molar-refractivity contribution in [3.8, 4) is 0 Å². The molecule has 3 rings (SSSR count). The fraction of sp³-hybridized carbons (Fsp3) is 0.417. The second-order valence-electron chi connectivity index (χ2n) is 4.35. The number of anilines is 1. The summed E-state index contributed by atoms with van der Waals surface area (Å²) in [6, 6.07) is 0. The number of nitrogens with one attached hydrogen (secondary N) is 1. The third-order valence-electron chi connectivity index (χ3n) is 2.92. The molecule has 1 unspecified atom stereocenters. The van der Waals surface area contributed by atoms with E-state index in [2.05, 4.69) is 20.2 Å². The minimum Gasteiger partial charge on any atom is -0.368 e. The normalized spacial score (nSPS) is 19.9. The van der Waals surface area contributed by atoms with Crippen LogP contribution in [-0.4, -0.2) is 47.0 Å². The van der Waals surface area contributed by atoms with Gasteiger partial charge in [0.05, 0.1) is 13.2 Å². The summed E-state index contributed by atoms with van der Waals surface area (Å²) in [6.07, 6.45) is 3.42. The van der Waals surface area contributed by atoms with Crippen molar-refractivity contribution in [3.63, 3.8) is 0 Å². The highest BCUT2D eigenvalue weighted by atomic mass is 32.1. The van der Waals surface area contributed by atoms with E-state index in [1.54, 1.807) is 23.7 Å². The molecule has 1 aliphatic rings. The Morgan fingerprint density at radius 1 is 1.40 bits per heavy atom. The Labute approximate surface area is 124 Å². The lowest BCUT2D eigenvalue weighted by Gasteiger charge is -2.31. The maximum absolute atomic E-state index is 11.9. The minimum absolute atomic E-state index is 0.0311. The second kappa shape index (κ2) is 6.40. The molecule has 8 heteroatoms. The molecule has 1 saturated heterocycles. The lowest BCUT2D eigenvalue weighted by atomic mass is 10.3. The smallest absolute Gasteiger partial charge is 0.240 e. The third kappa shape index (κ3) is 3.40. The van der Waals surface area contributed by atoms with Crippen molar-refractivity contribution < 1.29 is 9.53 Å². The molecule has 0 spiro atoms. The Morgan fingerprint density at radius 2 is 2.25 bits per heavy atom. The minimum atomic E-state index is -0.0419. The molecule has 106 valence electrons. The largest absolute Gasteiger partial charge is 0.368 e. The number of carbonyl (C=O) groups excluding carboxylic acids is 1. The van der Waals surface area contributed by atoms with E-state index < -0.39 is 0 Å². The zero-order valence-electron chi connectivity index (χ0n) is 10.7. The van der Waals surface area contributed by atoms with E-state index in [0.717, 1.165) is 11.6 Å². The molecule has 0 radical (unpaired) electrons. The van der Waals surface area contributed by atoms with Crippen LogP contribution in [-0.2, 0) is 9.53 Å². The third-order valence-corrected chi connectivity index (χ3v) is 4.48. The standard InChI is InChI=1S/C12H14N4O2S2/c17-10(15-12-14-2-6-20-12)8-16-3-4-18-9(7-16)11-13-1-5-19-11/h1-2,5-6,9H,3-4,7-8H2,(H,14,15,17). The van der Waals surface area contributed by atoms with Gasteiger partial charge < -0.3 is 10.1 Å². The highest BCUT2D eigenvalue weighted by Gasteiger charge is 2.25. The SMILES string of the molecule is O=C(CN1CCOC(c2nccs2)C1)Nc1nccs1. The average molecular weight is 310 g/mol. The van der Waals surface area contributed by atoms with Crippen LogP contribution in [0.1, 0.15) is 11.1 Å². The number of rotatable bonds is 4. The predicted molar refractivity (Wildman–Crippen MR) is 78.0 cm³/mol. The van der Waals surface area contributed by atoms with Gasteiger partial charge in [0.2, 0.25) is 5.91 Å². The van der Waals surface area contributed by atoms with E-state index in [4.69, 9.17) is 4.74 Å². The number of morpholine rings is 1. The van der Waals surface area contributed by atoms with Crippen molar-refractivity contribution in [1.82, 2.24) is 14.9 Å². The van der Waals surface area contributed by atoms with Crippen molar-refractivity contribution in [2.75, 3.05) is 31.6 Å². The summed E-state index contributed by atoms with van der Waals surface area (Å²) < 4.78 is 5.70. The number of thiazole rings is 2. The molecule has 1 amide bonds. The van der Waals surface area contributed by atoms with Crippen LogP contribution in [0, 0.1) is 0 Å². The summed E-state index contributed by atoms with van der Waals surface area (Å²) in [5.74, 6) is -0.0419. The molecule has 2 aromatic rings. The van der Waals surface area contributed by atoms with Crippen LogP contribution >= 0.6 is 22.7 Å². The first-order chi connectivity index (χ1) is 9.81. The van der Waals surface area contributed by atoms with E-state index in [1.807, 2.05) is 10.8 Å².